The van der Waals surface area contributed by atoms with Gasteiger partial charge in [0.1, 0.15) is 0 Å². The minimum absolute atomic E-state index is 0.191. The standard InChI is InChI=1S/C26H39N3/c1-26(2,3)23-12-10-22(11-13-23)25-27-18-24(28-25)17-20-8-7-9-21(16-20)19-29-14-5-4-6-15-29/h10-13,20-21H,4-9,14-19H2,1-3H3. The summed E-state index contributed by atoms with van der Waals surface area (Å²) < 4.78 is 0. The molecule has 1 aliphatic carbocycles. The third-order valence-corrected chi connectivity index (χ3v) is 7.07. The summed E-state index contributed by atoms with van der Waals surface area (Å²) in [4.78, 5) is 12.4. The van der Waals surface area contributed by atoms with Crippen molar-refractivity contribution < 1.29 is 0 Å². The Morgan fingerprint density at radius 3 is 2.38 bits per heavy atom. The number of hydrogen-bond donors (Lipinski definition) is 0. The quantitative estimate of drug-likeness (QED) is 0.615. The smallest absolute Gasteiger partial charge is 0.154 e. The molecule has 2 heterocycles. The Hall–Kier alpha value is -1.48. The molecule has 1 aromatic rings. The lowest BCUT2D eigenvalue weighted by molar-refractivity contribution is 0.156. The minimum atomic E-state index is 0.191. The molecule has 0 bridgehead atoms. The molecule has 3 heteroatoms. The van der Waals surface area contributed by atoms with E-state index in [1.54, 1.807) is 0 Å². The van der Waals surface area contributed by atoms with E-state index in [2.05, 4.69) is 49.9 Å². The van der Waals surface area contributed by atoms with Gasteiger partial charge in [0, 0.05) is 17.8 Å². The van der Waals surface area contributed by atoms with Gasteiger partial charge in [-0.15, -0.1) is 0 Å². The van der Waals surface area contributed by atoms with Crippen molar-refractivity contribution in [1.29, 1.82) is 0 Å². The number of hydrogen-bond acceptors (Lipinski definition) is 3. The average Bonchev–Trinajstić information content (AvgIpc) is 3.17. The van der Waals surface area contributed by atoms with Gasteiger partial charge in [0.2, 0.25) is 0 Å². The lowest BCUT2D eigenvalue weighted by atomic mass is 9.78. The summed E-state index contributed by atoms with van der Waals surface area (Å²) in [5.41, 5.74) is 4.03. The summed E-state index contributed by atoms with van der Waals surface area (Å²) in [5.74, 6) is 2.66. The highest BCUT2D eigenvalue weighted by molar-refractivity contribution is 6.11. The van der Waals surface area contributed by atoms with Gasteiger partial charge >= 0.3 is 0 Å². The maximum Gasteiger partial charge on any atom is 0.154 e. The van der Waals surface area contributed by atoms with Crippen LogP contribution in [0.15, 0.2) is 34.3 Å². The van der Waals surface area contributed by atoms with E-state index in [9.17, 15) is 0 Å². The van der Waals surface area contributed by atoms with Crippen LogP contribution in [0.2, 0.25) is 0 Å². The predicted octanol–water partition coefficient (Wildman–Crippen LogP) is 5.87. The first kappa shape index (κ1) is 20.8. The molecule has 3 aliphatic rings. The molecule has 0 N–H and O–H groups in total. The SMILES string of the molecule is CC(C)(C)c1ccc(C2=NCC(CC3CCCC(CN4CCCCC4)C3)=N2)cc1. The van der Waals surface area contributed by atoms with Gasteiger partial charge in [-0.05, 0) is 68.0 Å². The van der Waals surface area contributed by atoms with Crippen molar-refractivity contribution in [3.8, 4) is 0 Å². The van der Waals surface area contributed by atoms with Gasteiger partial charge in [-0.25, -0.2) is 4.99 Å². The number of likely N-dealkylation sites (tertiary alicyclic amines) is 1. The molecule has 29 heavy (non-hydrogen) atoms. The second-order valence-corrected chi connectivity index (χ2v) is 10.6. The van der Waals surface area contributed by atoms with Crippen LogP contribution in [-0.2, 0) is 5.41 Å². The third-order valence-electron chi connectivity index (χ3n) is 7.07. The normalized spacial score (nSPS) is 26.3. The van der Waals surface area contributed by atoms with E-state index in [4.69, 9.17) is 9.98 Å². The maximum atomic E-state index is 4.94. The molecular weight excluding hydrogens is 354 g/mol. The molecule has 2 aliphatic heterocycles. The number of amidine groups is 1. The summed E-state index contributed by atoms with van der Waals surface area (Å²) in [6.07, 6.45) is 11.0. The van der Waals surface area contributed by atoms with Crippen molar-refractivity contribution in [3.63, 3.8) is 0 Å². The Bertz CT molecular complexity index is 732. The predicted molar refractivity (Wildman–Crippen MR) is 124 cm³/mol. The number of benzene rings is 1. The highest BCUT2D eigenvalue weighted by atomic mass is 15.1. The van der Waals surface area contributed by atoms with Gasteiger partial charge in [-0.2, -0.15) is 0 Å². The molecule has 2 atom stereocenters. The number of rotatable bonds is 5. The van der Waals surface area contributed by atoms with E-state index in [0.717, 1.165) is 30.6 Å². The molecule has 2 fully saturated rings. The topological polar surface area (TPSA) is 28.0 Å². The first-order valence-electron chi connectivity index (χ1n) is 11.9. The fourth-order valence-electron chi connectivity index (χ4n) is 5.37. The van der Waals surface area contributed by atoms with Crippen LogP contribution in [0, 0.1) is 11.8 Å². The number of piperidine rings is 1. The van der Waals surface area contributed by atoms with Crippen LogP contribution in [-0.4, -0.2) is 42.6 Å². The fourth-order valence-corrected chi connectivity index (χ4v) is 5.37. The van der Waals surface area contributed by atoms with Gasteiger partial charge in [-0.1, -0.05) is 64.3 Å². The van der Waals surface area contributed by atoms with E-state index in [-0.39, 0.29) is 5.41 Å². The first-order valence-corrected chi connectivity index (χ1v) is 11.9. The largest absolute Gasteiger partial charge is 0.303 e. The molecule has 2 unspecified atom stereocenters. The molecule has 1 aromatic carbocycles. The zero-order chi connectivity index (χ0) is 20.3. The summed E-state index contributed by atoms with van der Waals surface area (Å²) in [7, 11) is 0. The Morgan fingerprint density at radius 1 is 0.931 bits per heavy atom. The fraction of sp³-hybridized carbons (Fsp3) is 0.692. The molecular formula is C26H39N3. The van der Waals surface area contributed by atoms with Crippen LogP contribution < -0.4 is 0 Å². The van der Waals surface area contributed by atoms with Gasteiger partial charge < -0.3 is 4.90 Å². The Labute approximate surface area is 177 Å². The second kappa shape index (κ2) is 9.12. The summed E-state index contributed by atoms with van der Waals surface area (Å²) in [5, 5.41) is 0. The van der Waals surface area contributed by atoms with Crippen molar-refractivity contribution in [2.75, 3.05) is 26.2 Å². The molecule has 0 amide bonds. The Morgan fingerprint density at radius 2 is 1.66 bits per heavy atom. The Kier molecular flexibility index (Phi) is 6.53. The Balaban J connectivity index is 1.31. The van der Waals surface area contributed by atoms with Crippen LogP contribution in [0.3, 0.4) is 0 Å². The monoisotopic (exact) mass is 393 g/mol. The van der Waals surface area contributed by atoms with Crippen LogP contribution in [0.5, 0.6) is 0 Å². The summed E-state index contributed by atoms with van der Waals surface area (Å²) in [6.45, 7) is 11.6. The molecule has 3 nitrogen and oxygen atoms in total. The van der Waals surface area contributed by atoms with Crippen molar-refractivity contribution in [2.45, 2.75) is 77.6 Å². The first-order chi connectivity index (χ1) is 14.0. The van der Waals surface area contributed by atoms with Crippen LogP contribution in [0.1, 0.15) is 83.3 Å². The van der Waals surface area contributed by atoms with Crippen molar-refractivity contribution >= 4 is 11.5 Å². The molecule has 1 saturated carbocycles. The van der Waals surface area contributed by atoms with Gasteiger partial charge in [0.05, 0.1) is 6.54 Å². The summed E-state index contributed by atoms with van der Waals surface area (Å²) in [6, 6.07) is 8.86. The number of aliphatic imine (C=N–C) groups is 2. The van der Waals surface area contributed by atoms with E-state index >= 15 is 0 Å². The molecule has 0 spiro atoms. The molecule has 0 aromatic heterocycles. The third kappa shape index (κ3) is 5.57. The average molecular weight is 394 g/mol. The van der Waals surface area contributed by atoms with Gasteiger partial charge in [0.15, 0.2) is 5.84 Å². The molecule has 4 rings (SSSR count). The number of nitrogens with zero attached hydrogens (tertiary/aromatic N) is 3. The van der Waals surface area contributed by atoms with Crippen molar-refractivity contribution in [1.82, 2.24) is 4.90 Å². The second-order valence-electron chi connectivity index (χ2n) is 10.6. The van der Waals surface area contributed by atoms with Crippen molar-refractivity contribution in [2.24, 2.45) is 21.8 Å². The minimum Gasteiger partial charge on any atom is -0.303 e. The van der Waals surface area contributed by atoms with E-state index in [1.165, 1.54) is 81.4 Å². The van der Waals surface area contributed by atoms with E-state index < -0.39 is 0 Å². The zero-order valence-corrected chi connectivity index (χ0v) is 18.8. The van der Waals surface area contributed by atoms with Crippen LogP contribution in [0.25, 0.3) is 0 Å². The lowest BCUT2D eigenvalue weighted by Gasteiger charge is -2.35. The van der Waals surface area contributed by atoms with Gasteiger partial charge in [-0.3, -0.25) is 4.99 Å². The summed E-state index contributed by atoms with van der Waals surface area (Å²) >= 11 is 0. The van der Waals surface area contributed by atoms with E-state index in [1.807, 2.05) is 0 Å². The highest BCUT2D eigenvalue weighted by Crippen LogP contribution is 2.33. The maximum absolute atomic E-state index is 4.94. The molecule has 0 radical (unpaired) electrons. The molecule has 1 saturated heterocycles. The van der Waals surface area contributed by atoms with Crippen LogP contribution in [0.4, 0.5) is 0 Å². The van der Waals surface area contributed by atoms with E-state index in [0.29, 0.717) is 0 Å². The lowest BCUT2D eigenvalue weighted by Crippen LogP contribution is -2.36. The molecule has 158 valence electrons. The van der Waals surface area contributed by atoms with Crippen LogP contribution >= 0.6 is 0 Å². The zero-order valence-electron chi connectivity index (χ0n) is 18.8. The van der Waals surface area contributed by atoms with Gasteiger partial charge in [0.25, 0.3) is 0 Å². The van der Waals surface area contributed by atoms with Crippen molar-refractivity contribution in [3.05, 3.63) is 35.4 Å². The highest BCUT2D eigenvalue weighted by Gasteiger charge is 2.26.